The van der Waals surface area contributed by atoms with Crippen molar-refractivity contribution in [2.75, 3.05) is 27.2 Å². The molecule has 6 atom stereocenters. The fraction of sp³-hybridized carbons (Fsp3) is 0.923. The molecule has 0 aliphatic heterocycles. The lowest BCUT2D eigenvalue weighted by Gasteiger charge is -2.39. The van der Waals surface area contributed by atoms with Crippen LogP contribution in [0.3, 0.4) is 0 Å². The van der Waals surface area contributed by atoms with Crippen molar-refractivity contribution in [1.82, 2.24) is 0 Å². The molecule has 0 radical (unpaired) electrons. The van der Waals surface area contributed by atoms with Crippen LogP contribution in [0.4, 0.5) is 0 Å². The number of rotatable bonds is 6. The highest BCUT2D eigenvalue weighted by molar-refractivity contribution is 5.73. The Morgan fingerprint density at radius 1 is 0.742 bits per heavy atom. The predicted molar refractivity (Wildman–Crippen MR) is 120 cm³/mol. The Balaban J connectivity index is 1.30. The van der Waals surface area contributed by atoms with Gasteiger partial charge < -0.3 is 14.0 Å². The zero-order chi connectivity index (χ0) is 23.0. The second-order valence-electron chi connectivity index (χ2n) is 13.4. The Morgan fingerprint density at radius 3 is 1.35 bits per heavy atom. The Kier molecular flexibility index (Phi) is 5.17. The molecule has 4 saturated carbocycles. The topological polar surface area (TPSA) is 52.6 Å². The first kappa shape index (κ1) is 23.1. The first-order valence-corrected chi connectivity index (χ1v) is 12.3. The van der Waals surface area contributed by atoms with Gasteiger partial charge in [0.2, 0.25) is 0 Å². The number of quaternary nitrogens is 1. The summed E-state index contributed by atoms with van der Waals surface area (Å²) in [5, 5.41) is 0. The van der Waals surface area contributed by atoms with Gasteiger partial charge in [-0.1, -0.05) is 41.5 Å². The number of likely N-dealkylation sites (N-methyl/N-ethyl adjacent to an activating group) is 1. The third kappa shape index (κ3) is 3.36. The van der Waals surface area contributed by atoms with Crippen molar-refractivity contribution in [2.45, 2.75) is 92.3 Å². The first-order valence-electron chi connectivity index (χ1n) is 12.3. The fourth-order valence-corrected chi connectivity index (χ4v) is 7.76. The van der Waals surface area contributed by atoms with E-state index in [2.05, 4.69) is 41.5 Å². The minimum absolute atomic E-state index is 0.00285. The molecular weight excluding hydrogens is 390 g/mol. The molecule has 4 aliphatic rings. The van der Waals surface area contributed by atoms with Crippen molar-refractivity contribution >= 4 is 11.9 Å². The molecule has 4 aliphatic carbocycles. The zero-order valence-corrected chi connectivity index (χ0v) is 21.0. The number of fused-ring (bicyclic) bond motifs is 4. The van der Waals surface area contributed by atoms with E-state index in [1.165, 1.54) is 12.8 Å². The summed E-state index contributed by atoms with van der Waals surface area (Å²) in [5.74, 6) is 0.890. The van der Waals surface area contributed by atoms with Crippen LogP contribution >= 0.6 is 0 Å². The van der Waals surface area contributed by atoms with Crippen LogP contribution in [0.1, 0.15) is 80.1 Å². The molecule has 0 amide bonds. The maximum Gasteiger partial charge on any atom is 0.362 e. The summed E-state index contributed by atoms with van der Waals surface area (Å²) < 4.78 is 12.3. The average molecular weight is 435 g/mol. The van der Waals surface area contributed by atoms with Crippen LogP contribution in [0.5, 0.6) is 0 Å². The maximum atomic E-state index is 12.8. The second-order valence-corrected chi connectivity index (χ2v) is 13.4. The van der Waals surface area contributed by atoms with Crippen LogP contribution in [0, 0.1) is 33.5 Å². The van der Waals surface area contributed by atoms with Gasteiger partial charge in [0.15, 0.2) is 13.1 Å². The first-order chi connectivity index (χ1) is 14.1. The van der Waals surface area contributed by atoms with E-state index in [1.54, 1.807) is 0 Å². The molecule has 5 nitrogen and oxygen atoms in total. The molecule has 0 aromatic heterocycles. The maximum absolute atomic E-state index is 12.8. The van der Waals surface area contributed by atoms with Crippen LogP contribution in [0.15, 0.2) is 0 Å². The van der Waals surface area contributed by atoms with E-state index < -0.39 is 0 Å². The molecule has 4 rings (SSSR count). The molecule has 0 unspecified atom stereocenters. The highest BCUT2D eigenvalue weighted by Gasteiger charge is 2.64. The summed E-state index contributed by atoms with van der Waals surface area (Å²) in [6.45, 7) is 14.3. The normalized spacial score (nSPS) is 42.1. The van der Waals surface area contributed by atoms with Gasteiger partial charge in [0.1, 0.15) is 12.2 Å². The number of carbonyl (C=O) groups excluding carboxylic acids is 2. The second kappa shape index (κ2) is 6.95. The molecular formula is C26H44NO4+. The molecule has 0 spiro atoms. The lowest BCUT2D eigenvalue weighted by molar-refractivity contribution is -0.875. The molecule has 0 heterocycles. The van der Waals surface area contributed by atoms with Gasteiger partial charge in [0.25, 0.3) is 0 Å². The summed E-state index contributed by atoms with van der Waals surface area (Å²) in [4.78, 5) is 25.6. The number of ether oxygens (including phenoxy) is 2. The van der Waals surface area contributed by atoms with Gasteiger partial charge in [-0.2, -0.15) is 0 Å². The van der Waals surface area contributed by atoms with Crippen LogP contribution in [-0.4, -0.2) is 55.8 Å². The quantitative estimate of drug-likeness (QED) is 0.454. The van der Waals surface area contributed by atoms with Gasteiger partial charge in [-0.3, -0.25) is 0 Å². The van der Waals surface area contributed by atoms with Gasteiger partial charge in [-0.05, 0) is 61.2 Å². The lowest BCUT2D eigenvalue weighted by Crippen LogP contribution is -2.50. The lowest BCUT2D eigenvalue weighted by atomic mass is 9.70. The number of hydrogen-bond acceptors (Lipinski definition) is 4. The number of hydrogen-bond donors (Lipinski definition) is 0. The number of nitrogens with zero attached hydrogens (tertiary/aromatic N) is 1. The van der Waals surface area contributed by atoms with E-state index in [-0.39, 0.29) is 63.4 Å². The van der Waals surface area contributed by atoms with Crippen molar-refractivity contribution in [3.63, 3.8) is 0 Å². The van der Waals surface area contributed by atoms with Gasteiger partial charge in [0.05, 0.1) is 14.1 Å². The monoisotopic (exact) mass is 434 g/mol. The molecule has 0 N–H and O–H groups in total. The standard InChI is InChI=1S/C26H44NO4/c1-23(2)17-9-11-25(23,5)19(13-17)30-21(28)15-27(7,8)16-22(29)31-20-14-18-10-12-26(20,6)24(18,3)4/h17-20H,9-16H2,1-8H3/q+1/t17-,18+,19-,20-,25+,26+/m0/s1. The minimum atomic E-state index is -0.194. The highest BCUT2D eigenvalue weighted by atomic mass is 16.6. The van der Waals surface area contributed by atoms with Crippen molar-refractivity contribution in [2.24, 2.45) is 33.5 Å². The Bertz CT molecular complexity index is 709. The van der Waals surface area contributed by atoms with Crippen molar-refractivity contribution in [3.8, 4) is 0 Å². The smallest absolute Gasteiger partial charge is 0.362 e. The van der Waals surface area contributed by atoms with Crippen LogP contribution in [-0.2, 0) is 19.1 Å². The third-order valence-corrected chi connectivity index (χ3v) is 11.1. The van der Waals surface area contributed by atoms with Crippen LogP contribution in [0.25, 0.3) is 0 Å². The van der Waals surface area contributed by atoms with Gasteiger partial charge in [0, 0.05) is 10.8 Å². The number of carbonyl (C=O) groups is 2. The molecule has 176 valence electrons. The summed E-state index contributed by atoms with van der Waals surface area (Å²) >= 11 is 0. The Labute approximate surface area is 188 Å². The van der Waals surface area contributed by atoms with E-state index in [0.29, 0.717) is 11.8 Å². The molecule has 4 fully saturated rings. The predicted octanol–water partition coefficient (Wildman–Crippen LogP) is 4.58. The third-order valence-electron chi connectivity index (χ3n) is 11.1. The molecule has 0 aromatic rings. The highest BCUT2D eigenvalue weighted by Crippen LogP contribution is 2.67. The molecule has 31 heavy (non-hydrogen) atoms. The molecule has 0 aromatic carbocycles. The molecule has 4 bridgehead atoms. The molecule has 5 heteroatoms. The summed E-state index contributed by atoms with van der Waals surface area (Å²) in [6, 6.07) is 0. The SMILES string of the molecule is CC1(C)[C@@H]2CC[C@]1(C)[C@@H](OC(=O)C[N+](C)(C)CC(=O)O[C@H]1C[C@@H]3CC[C@@]1(C)C3(C)C)C2. The molecule has 0 saturated heterocycles. The van der Waals surface area contributed by atoms with E-state index in [1.807, 2.05) is 14.1 Å². The zero-order valence-electron chi connectivity index (χ0n) is 21.0. The van der Waals surface area contributed by atoms with E-state index >= 15 is 0 Å². The van der Waals surface area contributed by atoms with Gasteiger partial charge in [-0.15, -0.1) is 0 Å². The minimum Gasteiger partial charge on any atom is -0.458 e. The van der Waals surface area contributed by atoms with Crippen molar-refractivity contribution < 1.29 is 23.5 Å². The van der Waals surface area contributed by atoms with E-state index in [4.69, 9.17) is 9.47 Å². The number of esters is 2. The van der Waals surface area contributed by atoms with Gasteiger partial charge in [-0.25, -0.2) is 9.59 Å². The van der Waals surface area contributed by atoms with Crippen LogP contribution in [0.2, 0.25) is 0 Å². The largest absolute Gasteiger partial charge is 0.458 e. The van der Waals surface area contributed by atoms with Gasteiger partial charge >= 0.3 is 11.9 Å². The summed E-state index contributed by atoms with van der Waals surface area (Å²) in [5.41, 5.74) is 0.564. The van der Waals surface area contributed by atoms with Crippen molar-refractivity contribution in [3.05, 3.63) is 0 Å². The van der Waals surface area contributed by atoms with Crippen molar-refractivity contribution in [1.29, 1.82) is 0 Å². The van der Waals surface area contributed by atoms with E-state index in [9.17, 15) is 9.59 Å². The summed E-state index contributed by atoms with van der Waals surface area (Å²) in [7, 11) is 3.84. The van der Waals surface area contributed by atoms with Crippen LogP contribution < -0.4 is 0 Å². The Morgan fingerprint density at radius 2 is 1.10 bits per heavy atom. The fourth-order valence-electron chi connectivity index (χ4n) is 7.76. The summed E-state index contributed by atoms with van der Waals surface area (Å²) in [6.07, 6.45) is 6.68. The van der Waals surface area contributed by atoms with E-state index in [0.717, 1.165) is 25.7 Å². The Hall–Kier alpha value is -1.10. The average Bonchev–Trinajstić information content (AvgIpc) is 3.12.